The van der Waals surface area contributed by atoms with Crippen LogP contribution in [0.25, 0.3) is 22.1 Å². The third kappa shape index (κ3) is 1.76. The molecule has 0 spiro atoms. The fourth-order valence-corrected chi connectivity index (χ4v) is 2.83. The molecule has 6 nitrogen and oxygen atoms in total. The molecule has 4 heterocycles. The lowest BCUT2D eigenvalue weighted by Crippen LogP contribution is -2.29. The number of nitrogens with one attached hydrogen (secondary N) is 2. The third-order valence-electron chi connectivity index (χ3n) is 3.86. The van der Waals surface area contributed by atoms with Gasteiger partial charge in [0.2, 0.25) is 5.91 Å². The molecule has 0 bridgehead atoms. The van der Waals surface area contributed by atoms with E-state index in [2.05, 4.69) is 19.9 Å². The average molecular weight is 269 g/mol. The van der Waals surface area contributed by atoms with Crippen molar-refractivity contribution < 1.29 is 4.79 Å². The van der Waals surface area contributed by atoms with Crippen molar-refractivity contribution in [2.75, 3.05) is 13.1 Å². The zero-order chi connectivity index (χ0) is 13.5. The Hall–Kier alpha value is -2.37. The normalized spacial score (nSPS) is 15.5. The van der Waals surface area contributed by atoms with Crippen molar-refractivity contribution in [1.82, 2.24) is 24.8 Å². The summed E-state index contributed by atoms with van der Waals surface area (Å²) >= 11 is 0. The van der Waals surface area contributed by atoms with Gasteiger partial charge < -0.3 is 14.9 Å². The molecule has 0 aliphatic carbocycles. The van der Waals surface area contributed by atoms with Crippen LogP contribution in [0.2, 0.25) is 0 Å². The maximum absolute atomic E-state index is 12.1. The smallest absolute Gasteiger partial charge is 0.230 e. The largest absolute Gasteiger partial charge is 0.346 e. The van der Waals surface area contributed by atoms with Crippen molar-refractivity contribution in [3.63, 3.8) is 0 Å². The molecule has 0 saturated carbocycles. The van der Waals surface area contributed by atoms with Gasteiger partial charge in [0, 0.05) is 24.7 Å². The zero-order valence-electron chi connectivity index (χ0n) is 11.0. The van der Waals surface area contributed by atoms with Gasteiger partial charge in [0.15, 0.2) is 0 Å². The Balaban J connectivity index is 1.68. The summed E-state index contributed by atoms with van der Waals surface area (Å²) in [7, 11) is 0. The molecule has 1 fully saturated rings. The summed E-state index contributed by atoms with van der Waals surface area (Å²) in [6.45, 7) is 1.76. The van der Waals surface area contributed by atoms with Gasteiger partial charge in [-0.2, -0.15) is 0 Å². The van der Waals surface area contributed by atoms with Crippen LogP contribution in [0.3, 0.4) is 0 Å². The number of amides is 1. The van der Waals surface area contributed by atoms with Gasteiger partial charge >= 0.3 is 0 Å². The van der Waals surface area contributed by atoms with Crippen molar-refractivity contribution >= 4 is 28.0 Å². The topological polar surface area (TPSA) is 77.7 Å². The summed E-state index contributed by atoms with van der Waals surface area (Å²) < 4.78 is 0. The van der Waals surface area contributed by atoms with Crippen LogP contribution >= 0.6 is 0 Å². The van der Waals surface area contributed by atoms with Gasteiger partial charge in [-0.15, -0.1) is 0 Å². The number of H-pyrrole nitrogens is 2. The SMILES string of the molecule is O=C(Cc1nc2c(cnc3[nH]ccc32)[nH]1)N1CCCC1. The van der Waals surface area contributed by atoms with Crippen LogP contribution in [0.15, 0.2) is 18.5 Å². The summed E-state index contributed by atoms with van der Waals surface area (Å²) in [5, 5.41) is 0.985. The van der Waals surface area contributed by atoms with Crippen LogP contribution in [0.1, 0.15) is 18.7 Å². The number of hydrogen-bond acceptors (Lipinski definition) is 3. The molecule has 1 saturated heterocycles. The van der Waals surface area contributed by atoms with Gasteiger partial charge in [-0.05, 0) is 18.9 Å². The molecule has 0 radical (unpaired) electrons. The molecule has 102 valence electrons. The maximum Gasteiger partial charge on any atom is 0.230 e. The lowest BCUT2D eigenvalue weighted by molar-refractivity contribution is -0.129. The van der Waals surface area contributed by atoms with E-state index in [-0.39, 0.29) is 5.91 Å². The average Bonchev–Trinajstić information content (AvgIpc) is 3.17. The van der Waals surface area contributed by atoms with Crippen molar-refractivity contribution in [3.8, 4) is 0 Å². The molecular formula is C14H15N5O. The van der Waals surface area contributed by atoms with E-state index in [9.17, 15) is 4.79 Å². The van der Waals surface area contributed by atoms with E-state index in [1.807, 2.05) is 17.2 Å². The van der Waals surface area contributed by atoms with E-state index >= 15 is 0 Å². The molecule has 0 atom stereocenters. The Kier molecular flexibility index (Phi) is 2.48. The minimum absolute atomic E-state index is 0.153. The Labute approximate surface area is 115 Å². The molecule has 1 aliphatic heterocycles. The molecule has 0 aromatic carbocycles. The van der Waals surface area contributed by atoms with Crippen LogP contribution in [-0.2, 0) is 11.2 Å². The summed E-state index contributed by atoms with van der Waals surface area (Å²) in [6, 6.07) is 1.96. The summed E-state index contributed by atoms with van der Waals surface area (Å²) in [4.78, 5) is 29.2. The second-order valence-electron chi connectivity index (χ2n) is 5.21. The molecule has 20 heavy (non-hydrogen) atoms. The van der Waals surface area contributed by atoms with Crippen LogP contribution in [-0.4, -0.2) is 43.8 Å². The number of nitrogens with zero attached hydrogens (tertiary/aromatic N) is 3. The highest BCUT2D eigenvalue weighted by molar-refractivity contribution is 6.00. The van der Waals surface area contributed by atoms with E-state index < -0.39 is 0 Å². The van der Waals surface area contributed by atoms with Crippen LogP contribution in [0.5, 0.6) is 0 Å². The molecule has 4 rings (SSSR count). The van der Waals surface area contributed by atoms with E-state index in [0.29, 0.717) is 12.2 Å². The van der Waals surface area contributed by atoms with Gasteiger partial charge in [0.1, 0.15) is 17.0 Å². The highest BCUT2D eigenvalue weighted by atomic mass is 16.2. The van der Waals surface area contributed by atoms with E-state index in [4.69, 9.17) is 0 Å². The first-order valence-electron chi connectivity index (χ1n) is 6.90. The summed E-state index contributed by atoms with van der Waals surface area (Å²) in [6.07, 6.45) is 6.16. The van der Waals surface area contributed by atoms with Crippen molar-refractivity contribution in [1.29, 1.82) is 0 Å². The van der Waals surface area contributed by atoms with Crippen LogP contribution in [0.4, 0.5) is 0 Å². The number of aromatic nitrogens is 4. The molecular weight excluding hydrogens is 254 g/mol. The maximum atomic E-state index is 12.1. The number of imidazole rings is 1. The summed E-state index contributed by atoms with van der Waals surface area (Å²) in [5.74, 6) is 0.868. The molecule has 2 N–H and O–H groups in total. The number of carbonyl (C=O) groups excluding carboxylic acids is 1. The number of pyridine rings is 1. The molecule has 3 aromatic rings. The van der Waals surface area contributed by atoms with Gasteiger partial charge in [-0.1, -0.05) is 0 Å². The fourth-order valence-electron chi connectivity index (χ4n) is 2.83. The number of carbonyl (C=O) groups is 1. The molecule has 1 aliphatic rings. The van der Waals surface area contributed by atoms with Crippen LogP contribution in [0, 0.1) is 0 Å². The third-order valence-corrected chi connectivity index (χ3v) is 3.86. The minimum atomic E-state index is 0.153. The van der Waals surface area contributed by atoms with E-state index in [0.717, 1.165) is 48.0 Å². The Morgan fingerprint density at radius 3 is 3.05 bits per heavy atom. The lowest BCUT2D eigenvalue weighted by atomic mass is 10.3. The number of hydrogen-bond donors (Lipinski definition) is 2. The number of aromatic amines is 2. The second-order valence-corrected chi connectivity index (χ2v) is 5.21. The Bertz CT molecular complexity index is 781. The van der Waals surface area contributed by atoms with Gasteiger partial charge in [0.25, 0.3) is 0 Å². The Morgan fingerprint density at radius 2 is 2.20 bits per heavy atom. The molecule has 0 unspecified atom stereocenters. The van der Waals surface area contributed by atoms with Crippen LogP contribution < -0.4 is 0 Å². The Morgan fingerprint density at radius 1 is 1.35 bits per heavy atom. The lowest BCUT2D eigenvalue weighted by Gasteiger charge is -2.13. The molecule has 3 aromatic heterocycles. The van der Waals surface area contributed by atoms with Crippen molar-refractivity contribution in [3.05, 3.63) is 24.3 Å². The highest BCUT2D eigenvalue weighted by Gasteiger charge is 2.19. The minimum Gasteiger partial charge on any atom is -0.346 e. The zero-order valence-corrected chi connectivity index (χ0v) is 11.0. The number of rotatable bonds is 2. The van der Waals surface area contributed by atoms with E-state index in [1.165, 1.54) is 0 Å². The van der Waals surface area contributed by atoms with Gasteiger partial charge in [-0.3, -0.25) is 4.79 Å². The van der Waals surface area contributed by atoms with Crippen molar-refractivity contribution in [2.45, 2.75) is 19.3 Å². The van der Waals surface area contributed by atoms with Gasteiger partial charge in [0.05, 0.1) is 18.1 Å². The van der Waals surface area contributed by atoms with Gasteiger partial charge in [-0.25, -0.2) is 9.97 Å². The van der Waals surface area contributed by atoms with E-state index in [1.54, 1.807) is 6.20 Å². The quantitative estimate of drug-likeness (QED) is 0.742. The predicted molar refractivity (Wildman–Crippen MR) is 75.3 cm³/mol. The second kappa shape index (κ2) is 4.33. The monoisotopic (exact) mass is 269 g/mol. The fraction of sp³-hybridized carbons (Fsp3) is 0.357. The predicted octanol–water partition coefficient (Wildman–Crippen LogP) is 1.60. The first kappa shape index (κ1) is 11.5. The molecule has 6 heteroatoms. The first-order valence-corrected chi connectivity index (χ1v) is 6.90. The summed E-state index contributed by atoms with van der Waals surface area (Å²) in [5.41, 5.74) is 2.57. The number of fused-ring (bicyclic) bond motifs is 3. The standard InChI is InChI=1S/C14H15N5O/c20-12(19-5-1-2-6-19)7-11-17-10-8-16-14-9(3-4-15-14)13(10)18-11/h3-4,8H,1-2,5-7H2,(H,15,16)(H,17,18). The first-order chi connectivity index (χ1) is 9.81. The number of likely N-dealkylation sites (tertiary alicyclic amines) is 1. The molecule has 1 amide bonds. The highest BCUT2D eigenvalue weighted by Crippen LogP contribution is 2.21. The van der Waals surface area contributed by atoms with Crippen molar-refractivity contribution in [2.24, 2.45) is 0 Å².